The van der Waals surface area contributed by atoms with Crippen molar-refractivity contribution in [3.63, 3.8) is 0 Å². The van der Waals surface area contributed by atoms with E-state index in [4.69, 9.17) is 0 Å². The van der Waals surface area contributed by atoms with E-state index >= 15 is 0 Å². The van der Waals surface area contributed by atoms with Gasteiger partial charge in [-0.3, -0.25) is 4.79 Å². The Morgan fingerprint density at radius 3 is 2.43 bits per heavy atom. The van der Waals surface area contributed by atoms with Crippen molar-refractivity contribution < 1.29 is 4.79 Å². The molecule has 0 aromatic heterocycles. The van der Waals surface area contributed by atoms with Crippen LogP contribution in [0.25, 0.3) is 0 Å². The van der Waals surface area contributed by atoms with Crippen LogP contribution in [-0.2, 0) is 4.79 Å². The van der Waals surface area contributed by atoms with E-state index in [1.165, 1.54) is 0 Å². The van der Waals surface area contributed by atoms with E-state index in [0.717, 1.165) is 24.6 Å². The highest BCUT2D eigenvalue weighted by atomic mass is 79.9. The summed E-state index contributed by atoms with van der Waals surface area (Å²) in [5, 5.41) is 4.06. The number of carbonyl (C=O) groups excluding carboxylic acids is 1. The van der Waals surface area contributed by atoms with E-state index < -0.39 is 0 Å². The fourth-order valence-corrected chi connectivity index (χ4v) is 1.80. The third-order valence-corrected chi connectivity index (χ3v) is 2.94. The number of alkyl halides is 1. The van der Waals surface area contributed by atoms with Crippen LogP contribution < -0.4 is 5.32 Å². The lowest BCUT2D eigenvalue weighted by atomic mass is 10.0. The number of amides is 1. The average Bonchev–Trinajstić information content (AvgIpc) is 2.14. The molecule has 3 heteroatoms. The summed E-state index contributed by atoms with van der Waals surface area (Å²) >= 11 is 3.36. The van der Waals surface area contributed by atoms with E-state index in [2.05, 4.69) is 42.0 Å². The molecule has 1 amide bonds. The van der Waals surface area contributed by atoms with Crippen molar-refractivity contribution in [2.45, 2.75) is 52.5 Å². The number of nitrogens with one attached hydrogen (secondary N) is 1. The van der Waals surface area contributed by atoms with Crippen LogP contribution in [0.15, 0.2) is 0 Å². The quantitative estimate of drug-likeness (QED) is 0.555. The first kappa shape index (κ1) is 13.9. The van der Waals surface area contributed by atoms with Gasteiger partial charge in [-0.1, -0.05) is 36.7 Å². The summed E-state index contributed by atoms with van der Waals surface area (Å²) in [6.45, 7) is 6.41. The molecule has 84 valence electrons. The molecule has 1 unspecified atom stereocenters. The van der Waals surface area contributed by atoms with Gasteiger partial charge >= 0.3 is 0 Å². The minimum absolute atomic E-state index is 0.200. The normalized spacial score (nSPS) is 12.9. The highest BCUT2D eigenvalue weighted by Crippen LogP contribution is 2.06. The van der Waals surface area contributed by atoms with Crippen molar-refractivity contribution >= 4 is 21.8 Å². The van der Waals surface area contributed by atoms with Crippen LogP contribution in [0.4, 0.5) is 0 Å². The van der Waals surface area contributed by atoms with Crippen LogP contribution >= 0.6 is 15.9 Å². The average molecular weight is 264 g/mol. The Bertz CT molecular complexity index is 159. The number of unbranched alkanes of at least 4 members (excludes halogenated alkanes) is 1. The highest BCUT2D eigenvalue weighted by molar-refractivity contribution is 9.09. The lowest BCUT2D eigenvalue weighted by Crippen LogP contribution is -2.37. The standard InChI is InChI=1S/C11H22BrNO/c1-4-10(9(2)3)13-11(14)7-5-6-8-12/h9-10H,4-8H2,1-3H3,(H,13,14). The monoisotopic (exact) mass is 263 g/mol. The number of halogens is 1. The molecule has 0 bridgehead atoms. The molecule has 0 aromatic carbocycles. The second-order valence-electron chi connectivity index (χ2n) is 3.97. The van der Waals surface area contributed by atoms with E-state index in [-0.39, 0.29) is 5.91 Å². The van der Waals surface area contributed by atoms with Gasteiger partial charge in [0, 0.05) is 17.8 Å². The molecule has 0 saturated heterocycles. The zero-order chi connectivity index (χ0) is 11.0. The lowest BCUT2D eigenvalue weighted by Gasteiger charge is -2.20. The zero-order valence-corrected chi connectivity index (χ0v) is 11.1. The fourth-order valence-electron chi connectivity index (χ4n) is 1.40. The molecular weight excluding hydrogens is 242 g/mol. The maximum absolute atomic E-state index is 11.5. The summed E-state index contributed by atoms with van der Waals surface area (Å²) in [6.07, 6.45) is 3.73. The van der Waals surface area contributed by atoms with Gasteiger partial charge in [0.1, 0.15) is 0 Å². The molecule has 1 N–H and O–H groups in total. The first-order valence-electron chi connectivity index (χ1n) is 5.47. The summed E-state index contributed by atoms with van der Waals surface area (Å²) in [6, 6.07) is 0.339. The molecule has 14 heavy (non-hydrogen) atoms. The topological polar surface area (TPSA) is 29.1 Å². The first-order valence-corrected chi connectivity index (χ1v) is 6.59. The van der Waals surface area contributed by atoms with Crippen molar-refractivity contribution in [1.82, 2.24) is 5.32 Å². The number of carbonyl (C=O) groups is 1. The molecule has 0 heterocycles. The maximum Gasteiger partial charge on any atom is 0.220 e. The van der Waals surface area contributed by atoms with Crippen molar-refractivity contribution in [3.8, 4) is 0 Å². The molecule has 0 rings (SSSR count). The van der Waals surface area contributed by atoms with Gasteiger partial charge in [-0.2, -0.15) is 0 Å². The van der Waals surface area contributed by atoms with Crippen LogP contribution in [0.1, 0.15) is 46.5 Å². The Kier molecular flexibility index (Phi) is 8.24. The molecule has 0 fully saturated rings. The summed E-state index contributed by atoms with van der Waals surface area (Å²) in [5.74, 6) is 0.728. The number of rotatable bonds is 7. The third kappa shape index (κ3) is 6.41. The summed E-state index contributed by atoms with van der Waals surface area (Å²) in [7, 11) is 0. The number of hydrogen-bond donors (Lipinski definition) is 1. The minimum atomic E-state index is 0.200. The van der Waals surface area contributed by atoms with Crippen molar-refractivity contribution in [2.75, 3.05) is 5.33 Å². The van der Waals surface area contributed by atoms with Gasteiger partial charge in [-0.15, -0.1) is 0 Å². The summed E-state index contributed by atoms with van der Waals surface area (Å²) in [5.41, 5.74) is 0. The van der Waals surface area contributed by atoms with Gasteiger partial charge in [0.25, 0.3) is 0 Å². The second kappa shape index (κ2) is 8.27. The summed E-state index contributed by atoms with van der Waals surface area (Å²) < 4.78 is 0. The van der Waals surface area contributed by atoms with Crippen LogP contribution in [0.5, 0.6) is 0 Å². The van der Waals surface area contributed by atoms with Crippen LogP contribution in [-0.4, -0.2) is 17.3 Å². The molecule has 0 aromatic rings. The predicted molar refractivity (Wildman–Crippen MR) is 64.7 cm³/mol. The van der Waals surface area contributed by atoms with Crippen LogP contribution in [0.3, 0.4) is 0 Å². The van der Waals surface area contributed by atoms with E-state index in [0.29, 0.717) is 18.4 Å². The van der Waals surface area contributed by atoms with E-state index in [1.807, 2.05) is 0 Å². The van der Waals surface area contributed by atoms with Gasteiger partial charge in [-0.05, 0) is 25.2 Å². The molecule has 0 aliphatic carbocycles. The van der Waals surface area contributed by atoms with Gasteiger partial charge in [0.2, 0.25) is 5.91 Å². The second-order valence-corrected chi connectivity index (χ2v) is 4.77. The zero-order valence-electron chi connectivity index (χ0n) is 9.48. The first-order chi connectivity index (χ1) is 6.61. The molecule has 0 spiro atoms. The van der Waals surface area contributed by atoms with Gasteiger partial charge in [0.05, 0.1) is 0 Å². The van der Waals surface area contributed by atoms with Gasteiger partial charge in [0.15, 0.2) is 0 Å². The van der Waals surface area contributed by atoms with Crippen molar-refractivity contribution in [2.24, 2.45) is 5.92 Å². The maximum atomic E-state index is 11.5. The number of hydrogen-bond acceptors (Lipinski definition) is 1. The minimum Gasteiger partial charge on any atom is -0.353 e. The molecule has 1 atom stereocenters. The van der Waals surface area contributed by atoms with Crippen molar-refractivity contribution in [1.29, 1.82) is 0 Å². The molecule has 0 saturated carbocycles. The summed E-state index contributed by atoms with van der Waals surface area (Å²) in [4.78, 5) is 11.5. The van der Waals surface area contributed by atoms with E-state index in [1.54, 1.807) is 0 Å². The lowest BCUT2D eigenvalue weighted by molar-refractivity contribution is -0.122. The Balaban J connectivity index is 3.68. The van der Waals surface area contributed by atoms with E-state index in [9.17, 15) is 4.79 Å². The Morgan fingerprint density at radius 2 is 2.00 bits per heavy atom. The molecule has 0 aliphatic rings. The largest absolute Gasteiger partial charge is 0.353 e. The van der Waals surface area contributed by atoms with Crippen LogP contribution in [0.2, 0.25) is 0 Å². The van der Waals surface area contributed by atoms with Crippen molar-refractivity contribution in [3.05, 3.63) is 0 Å². The van der Waals surface area contributed by atoms with Gasteiger partial charge in [-0.25, -0.2) is 0 Å². The molecular formula is C11H22BrNO. The fraction of sp³-hybridized carbons (Fsp3) is 0.909. The third-order valence-electron chi connectivity index (χ3n) is 2.38. The van der Waals surface area contributed by atoms with Gasteiger partial charge < -0.3 is 5.32 Å². The smallest absolute Gasteiger partial charge is 0.220 e. The Morgan fingerprint density at radius 1 is 1.36 bits per heavy atom. The molecule has 0 aliphatic heterocycles. The Labute approximate surface area is 96.0 Å². The molecule has 2 nitrogen and oxygen atoms in total. The predicted octanol–water partition coefficient (Wildman–Crippen LogP) is 3.10. The SMILES string of the molecule is CCC(NC(=O)CCCCBr)C(C)C. The Hall–Kier alpha value is -0.0500. The van der Waals surface area contributed by atoms with Crippen LogP contribution in [0, 0.1) is 5.92 Å². The molecule has 0 radical (unpaired) electrons. The highest BCUT2D eigenvalue weighted by Gasteiger charge is 2.13.